The van der Waals surface area contributed by atoms with Gasteiger partial charge in [0.15, 0.2) is 0 Å². The lowest BCUT2D eigenvalue weighted by Gasteiger charge is -2.15. The Labute approximate surface area is 101 Å². The first kappa shape index (κ1) is 11.7. The highest BCUT2D eigenvalue weighted by atomic mass is 16.5. The number of rotatable bonds is 4. The number of furan rings is 1. The molecule has 1 heterocycles. The van der Waals surface area contributed by atoms with Gasteiger partial charge in [-0.25, -0.2) is 0 Å². The summed E-state index contributed by atoms with van der Waals surface area (Å²) in [6, 6.07) is 10.2. The van der Waals surface area contributed by atoms with Crippen molar-refractivity contribution in [2.45, 2.75) is 13.0 Å². The Kier molecular flexibility index (Phi) is 3.49. The molecule has 0 spiro atoms. The third kappa shape index (κ3) is 2.50. The van der Waals surface area contributed by atoms with Crippen LogP contribution in [0.25, 0.3) is 0 Å². The largest absolute Gasteiger partial charge is 0.497 e. The molecule has 3 nitrogen and oxygen atoms in total. The van der Waals surface area contributed by atoms with Gasteiger partial charge in [-0.15, -0.1) is 0 Å². The van der Waals surface area contributed by atoms with E-state index < -0.39 is 0 Å². The maximum atomic E-state index is 5.35. The average Bonchev–Trinajstić information content (AvgIpc) is 2.77. The van der Waals surface area contributed by atoms with Crippen LogP contribution in [0.1, 0.15) is 22.9 Å². The quantitative estimate of drug-likeness (QED) is 0.878. The van der Waals surface area contributed by atoms with Crippen LogP contribution in [0.3, 0.4) is 0 Å². The van der Waals surface area contributed by atoms with E-state index in [0.29, 0.717) is 0 Å². The Balaban J connectivity index is 2.34. The van der Waals surface area contributed by atoms with Crippen molar-refractivity contribution in [3.63, 3.8) is 0 Å². The molecule has 3 heteroatoms. The third-order valence-electron chi connectivity index (χ3n) is 2.80. The molecule has 17 heavy (non-hydrogen) atoms. The molecular weight excluding hydrogens is 214 g/mol. The fourth-order valence-electron chi connectivity index (χ4n) is 1.96. The standard InChI is InChI=1S/C14H17NO2/c1-10-7-12(9-17-10)14(15-2)11-5-4-6-13(8-11)16-3/h4-9,14-15H,1-3H3. The van der Waals surface area contributed by atoms with E-state index in [-0.39, 0.29) is 6.04 Å². The van der Waals surface area contributed by atoms with Gasteiger partial charge in [0.1, 0.15) is 11.5 Å². The first-order chi connectivity index (χ1) is 8.24. The fourth-order valence-corrected chi connectivity index (χ4v) is 1.96. The Morgan fingerprint density at radius 1 is 1.24 bits per heavy atom. The van der Waals surface area contributed by atoms with Crippen LogP contribution in [0.5, 0.6) is 5.75 Å². The lowest BCUT2D eigenvalue weighted by molar-refractivity contribution is 0.413. The van der Waals surface area contributed by atoms with Crippen LogP contribution in [0.15, 0.2) is 41.0 Å². The summed E-state index contributed by atoms with van der Waals surface area (Å²) in [5.41, 5.74) is 2.28. The molecule has 90 valence electrons. The Morgan fingerprint density at radius 3 is 2.65 bits per heavy atom. The summed E-state index contributed by atoms with van der Waals surface area (Å²) in [5, 5.41) is 3.28. The van der Waals surface area contributed by atoms with Crippen LogP contribution in [0.4, 0.5) is 0 Å². The van der Waals surface area contributed by atoms with Gasteiger partial charge in [-0.3, -0.25) is 0 Å². The molecule has 1 unspecified atom stereocenters. The van der Waals surface area contributed by atoms with Gasteiger partial charge in [-0.1, -0.05) is 12.1 Å². The predicted octanol–water partition coefficient (Wildman–Crippen LogP) is 2.91. The molecule has 0 fully saturated rings. The van der Waals surface area contributed by atoms with Crippen LogP contribution in [0, 0.1) is 6.92 Å². The second-order valence-electron chi connectivity index (χ2n) is 3.99. The summed E-state index contributed by atoms with van der Waals surface area (Å²) >= 11 is 0. The maximum absolute atomic E-state index is 5.35. The minimum absolute atomic E-state index is 0.127. The van der Waals surface area contributed by atoms with Gasteiger partial charge in [0.2, 0.25) is 0 Å². The summed E-state index contributed by atoms with van der Waals surface area (Å²) in [6.45, 7) is 1.95. The predicted molar refractivity (Wildman–Crippen MR) is 67.3 cm³/mol. The van der Waals surface area contributed by atoms with Crippen molar-refractivity contribution in [1.82, 2.24) is 5.32 Å². The van der Waals surface area contributed by atoms with E-state index in [0.717, 1.165) is 22.6 Å². The number of aryl methyl sites for hydroxylation is 1. The number of benzene rings is 1. The van der Waals surface area contributed by atoms with Gasteiger partial charge in [-0.05, 0) is 37.7 Å². The summed E-state index contributed by atoms with van der Waals surface area (Å²) in [5.74, 6) is 1.78. The molecule has 0 aliphatic rings. The van der Waals surface area contributed by atoms with Crippen LogP contribution in [-0.4, -0.2) is 14.2 Å². The molecule has 2 aromatic rings. The molecule has 1 aromatic carbocycles. The molecular formula is C14H17NO2. The Morgan fingerprint density at radius 2 is 2.06 bits per heavy atom. The van der Waals surface area contributed by atoms with Crippen molar-refractivity contribution >= 4 is 0 Å². The van der Waals surface area contributed by atoms with E-state index in [1.165, 1.54) is 0 Å². The number of methoxy groups -OCH3 is 1. The van der Waals surface area contributed by atoms with Crippen molar-refractivity contribution in [2.75, 3.05) is 14.2 Å². The van der Waals surface area contributed by atoms with Gasteiger partial charge in [0.05, 0.1) is 19.4 Å². The van der Waals surface area contributed by atoms with Crippen LogP contribution in [-0.2, 0) is 0 Å². The molecule has 0 aliphatic heterocycles. The fraction of sp³-hybridized carbons (Fsp3) is 0.286. The van der Waals surface area contributed by atoms with E-state index in [1.807, 2.05) is 38.2 Å². The molecule has 0 aliphatic carbocycles. The molecule has 0 radical (unpaired) electrons. The van der Waals surface area contributed by atoms with E-state index in [4.69, 9.17) is 9.15 Å². The molecule has 2 rings (SSSR count). The van der Waals surface area contributed by atoms with Gasteiger partial charge in [0, 0.05) is 5.56 Å². The normalized spacial score (nSPS) is 12.4. The zero-order chi connectivity index (χ0) is 12.3. The van der Waals surface area contributed by atoms with Gasteiger partial charge < -0.3 is 14.5 Å². The molecule has 0 saturated heterocycles. The summed E-state index contributed by atoms with van der Waals surface area (Å²) in [7, 11) is 3.61. The lowest BCUT2D eigenvalue weighted by atomic mass is 10.0. The summed E-state index contributed by atoms with van der Waals surface area (Å²) < 4.78 is 10.6. The van der Waals surface area contributed by atoms with E-state index >= 15 is 0 Å². The minimum atomic E-state index is 0.127. The maximum Gasteiger partial charge on any atom is 0.119 e. The second-order valence-corrected chi connectivity index (χ2v) is 3.99. The highest BCUT2D eigenvalue weighted by molar-refractivity contribution is 5.36. The molecule has 0 saturated carbocycles. The van der Waals surface area contributed by atoms with Gasteiger partial charge in [0.25, 0.3) is 0 Å². The van der Waals surface area contributed by atoms with Crippen LogP contribution >= 0.6 is 0 Å². The first-order valence-electron chi connectivity index (χ1n) is 5.61. The zero-order valence-corrected chi connectivity index (χ0v) is 10.4. The lowest BCUT2D eigenvalue weighted by Crippen LogP contribution is -2.16. The molecule has 1 atom stereocenters. The average molecular weight is 231 g/mol. The highest BCUT2D eigenvalue weighted by Crippen LogP contribution is 2.26. The molecule has 0 amide bonds. The Bertz CT molecular complexity index is 490. The topological polar surface area (TPSA) is 34.4 Å². The molecule has 0 bridgehead atoms. The van der Waals surface area contributed by atoms with E-state index in [2.05, 4.69) is 11.4 Å². The second kappa shape index (κ2) is 5.06. The van der Waals surface area contributed by atoms with E-state index in [9.17, 15) is 0 Å². The smallest absolute Gasteiger partial charge is 0.119 e. The Hall–Kier alpha value is -1.74. The molecule has 1 N–H and O–H groups in total. The summed E-state index contributed by atoms with van der Waals surface area (Å²) in [4.78, 5) is 0. The van der Waals surface area contributed by atoms with Crippen molar-refractivity contribution < 1.29 is 9.15 Å². The minimum Gasteiger partial charge on any atom is -0.497 e. The monoisotopic (exact) mass is 231 g/mol. The van der Waals surface area contributed by atoms with Crippen LogP contribution < -0.4 is 10.1 Å². The van der Waals surface area contributed by atoms with Crippen LogP contribution in [0.2, 0.25) is 0 Å². The van der Waals surface area contributed by atoms with Crippen molar-refractivity contribution in [2.24, 2.45) is 0 Å². The van der Waals surface area contributed by atoms with Crippen molar-refractivity contribution in [3.8, 4) is 5.75 Å². The van der Waals surface area contributed by atoms with Gasteiger partial charge in [-0.2, -0.15) is 0 Å². The number of hydrogen-bond donors (Lipinski definition) is 1. The third-order valence-corrected chi connectivity index (χ3v) is 2.80. The zero-order valence-electron chi connectivity index (χ0n) is 10.4. The first-order valence-corrected chi connectivity index (χ1v) is 5.61. The highest BCUT2D eigenvalue weighted by Gasteiger charge is 2.14. The number of ether oxygens (including phenoxy) is 1. The van der Waals surface area contributed by atoms with E-state index in [1.54, 1.807) is 13.4 Å². The summed E-state index contributed by atoms with van der Waals surface area (Å²) in [6.07, 6.45) is 1.79. The van der Waals surface area contributed by atoms with Gasteiger partial charge >= 0.3 is 0 Å². The molecule has 1 aromatic heterocycles. The number of nitrogens with one attached hydrogen (secondary N) is 1. The number of hydrogen-bond acceptors (Lipinski definition) is 3. The SMILES string of the molecule is CNC(c1cccc(OC)c1)c1coc(C)c1. The van der Waals surface area contributed by atoms with Crippen molar-refractivity contribution in [1.29, 1.82) is 0 Å². The van der Waals surface area contributed by atoms with Crippen molar-refractivity contribution in [3.05, 3.63) is 53.5 Å².